The van der Waals surface area contributed by atoms with Gasteiger partial charge < -0.3 is 9.47 Å². The summed E-state index contributed by atoms with van der Waals surface area (Å²) in [5.74, 6) is -2.50. The fourth-order valence-corrected chi connectivity index (χ4v) is 5.73. The smallest absolute Gasteiger partial charge is 0.416 e. The Morgan fingerprint density at radius 1 is 1.13 bits per heavy atom. The van der Waals surface area contributed by atoms with E-state index in [9.17, 15) is 35.2 Å². The van der Waals surface area contributed by atoms with Crippen LogP contribution >= 0.6 is 11.6 Å². The monoisotopic (exact) mass is 575 g/mol. The zero-order chi connectivity index (χ0) is 27.8. The van der Waals surface area contributed by atoms with Gasteiger partial charge in [-0.15, -0.1) is 0 Å². The van der Waals surface area contributed by atoms with Gasteiger partial charge in [0.05, 0.1) is 34.8 Å². The SMILES string of the molecule is COC(=O)CC[C@H]1CN(S(=O)(=O)c2cccc(C(F)(F)F)c2)c2cc(-c3cc(F)cc(F)c3Cl)ccc2O1. The minimum absolute atomic E-state index is 0.0263. The lowest BCUT2D eigenvalue weighted by molar-refractivity contribution is -0.141. The van der Waals surface area contributed by atoms with Crippen molar-refractivity contribution in [3.63, 3.8) is 0 Å². The first-order valence-corrected chi connectivity index (χ1v) is 12.9. The number of nitrogens with zero attached hydrogens (tertiary/aromatic N) is 1. The van der Waals surface area contributed by atoms with Crippen LogP contribution in [0.5, 0.6) is 5.75 Å². The van der Waals surface area contributed by atoms with Crippen LogP contribution in [0.3, 0.4) is 0 Å². The van der Waals surface area contributed by atoms with Gasteiger partial charge in [0.25, 0.3) is 10.0 Å². The summed E-state index contributed by atoms with van der Waals surface area (Å²) >= 11 is 6.02. The number of fused-ring (bicyclic) bond motifs is 1. The van der Waals surface area contributed by atoms with Crippen LogP contribution < -0.4 is 9.04 Å². The molecule has 1 aliphatic heterocycles. The van der Waals surface area contributed by atoms with E-state index in [-0.39, 0.29) is 42.0 Å². The van der Waals surface area contributed by atoms with Gasteiger partial charge in [0.2, 0.25) is 0 Å². The number of methoxy groups -OCH3 is 1. The van der Waals surface area contributed by atoms with Gasteiger partial charge in [0, 0.05) is 18.1 Å². The molecule has 1 aliphatic rings. The molecule has 0 radical (unpaired) electrons. The number of benzene rings is 3. The van der Waals surface area contributed by atoms with E-state index in [1.54, 1.807) is 0 Å². The normalized spacial score (nSPS) is 15.6. The van der Waals surface area contributed by atoms with Crippen molar-refractivity contribution in [2.75, 3.05) is 18.0 Å². The van der Waals surface area contributed by atoms with E-state index in [4.69, 9.17) is 16.3 Å². The number of alkyl halides is 3. The highest BCUT2D eigenvalue weighted by atomic mass is 35.5. The van der Waals surface area contributed by atoms with Crippen molar-refractivity contribution in [2.45, 2.75) is 30.0 Å². The van der Waals surface area contributed by atoms with Gasteiger partial charge in [-0.05, 0) is 48.4 Å². The van der Waals surface area contributed by atoms with Crippen LogP contribution in [0.25, 0.3) is 11.1 Å². The molecule has 0 bridgehead atoms. The van der Waals surface area contributed by atoms with Crippen molar-refractivity contribution >= 4 is 33.3 Å². The molecule has 0 fully saturated rings. The molecule has 0 aromatic heterocycles. The lowest BCUT2D eigenvalue weighted by atomic mass is 10.0. The predicted molar refractivity (Wildman–Crippen MR) is 128 cm³/mol. The molecule has 0 saturated heterocycles. The number of rotatable bonds is 6. The molecule has 6 nitrogen and oxygen atoms in total. The summed E-state index contributed by atoms with van der Waals surface area (Å²) in [6.07, 6.45) is -5.71. The molecule has 4 rings (SSSR count). The molecule has 202 valence electrons. The zero-order valence-electron chi connectivity index (χ0n) is 19.6. The third-order valence-electron chi connectivity index (χ3n) is 5.84. The topological polar surface area (TPSA) is 72.9 Å². The summed E-state index contributed by atoms with van der Waals surface area (Å²) in [4.78, 5) is 11.0. The number of hydrogen-bond donors (Lipinski definition) is 0. The van der Waals surface area contributed by atoms with E-state index < -0.39 is 55.4 Å². The van der Waals surface area contributed by atoms with Crippen LogP contribution in [0.15, 0.2) is 59.5 Å². The second kappa shape index (κ2) is 10.4. The first-order chi connectivity index (χ1) is 17.8. The summed E-state index contributed by atoms with van der Waals surface area (Å²) in [7, 11) is -3.42. The number of anilines is 1. The predicted octanol–water partition coefficient (Wildman–Crippen LogP) is 6.21. The van der Waals surface area contributed by atoms with Gasteiger partial charge >= 0.3 is 12.1 Å². The fraction of sp³-hybridized carbons (Fsp3) is 0.240. The van der Waals surface area contributed by atoms with Gasteiger partial charge in [-0.25, -0.2) is 17.2 Å². The van der Waals surface area contributed by atoms with Crippen LogP contribution in [0.2, 0.25) is 5.02 Å². The van der Waals surface area contributed by atoms with E-state index in [1.807, 2.05) is 0 Å². The minimum Gasteiger partial charge on any atom is -0.486 e. The van der Waals surface area contributed by atoms with Crippen molar-refractivity contribution in [1.82, 2.24) is 0 Å². The average molecular weight is 576 g/mol. The molecule has 1 atom stereocenters. The number of carbonyl (C=O) groups excluding carboxylic acids is 1. The average Bonchev–Trinajstić information content (AvgIpc) is 2.88. The van der Waals surface area contributed by atoms with Crippen LogP contribution in [-0.2, 0) is 25.7 Å². The van der Waals surface area contributed by atoms with Gasteiger partial charge in [0.15, 0.2) is 0 Å². The molecule has 3 aromatic rings. The highest BCUT2D eigenvalue weighted by Crippen LogP contribution is 2.42. The van der Waals surface area contributed by atoms with Crippen LogP contribution in [0, 0.1) is 11.6 Å². The van der Waals surface area contributed by atoms with E-state index in [1.165, 1.54) is 25.3 Å². The molecule has 1 heterocycles. The maximum atomic E-state index is 14.1. The number of hydrogen-bond acceptors (Lipinski definition) is 5. The van der Waals surface area contributed by atoms with E-state index in [0.29, 0.717) is 12.1 Å². The summed E-state index contributed by atoms with van der Waals surface area (Å²) in [6, 6.07) is 8.80. The third kappa shape index (κ3) is 5.56. The lowest BCUT2D eigenvalue weighted by Gasteiger charge is -2.36. The minimum atomic E-state index is -4.79. The standard InChI is InChI=1S/C25H19ClF5NO5S/c1-36-23(33)8-6-17-13-32(38(34,35)18-4-2-3-15(10-18)25(29,30)31)21-9-14(5-7-22(21)37-17)19-11-16(27)12-20(28)24(19)26/h2-5,7,9-12,17H,6,8,13H2,1H3/t17-/m0/s1. The Labute approximate surface area is 219 Å². The molecule has 0 saturated carbocycles. The number of halogens is 6. The highest BCUT2D eigenvalue weighted by Gasteiger charge is 2.37. The third-order valence-corrected chi connectivity index (χ3v) is 8.00. The number of ether oxygens (including phenoxy) is 2. The maximum Gasteiger partial charge on any atom is 0.416 e. The van der Waals surface area contributed by atoms with Gasteiger partial charge in [-0.3, -0.25) is 9.10 Å². The van der Waals surface area contributed by atoms with E-state index in [0.717, 1.165) is 28.6 Å². The van der Waals surface area contributed by atoms with Crippen LogP contribution in [0.1, 0.15) is 18.4 Å². The second-order valence-corrected chi connectivity index (χ2v) is 10.6. The Bertz CT molecular complexity index is 1500. The zero-order valence-corrected chi connectivity index (χ0v) is 21.1. The molecule has 0 amide bonds. The van der Waals surface area contributed by atoms with Crippen LogP contribution in [-0.4, -0.2) is 34.1 Å². The fourth-order valence-electron chi connectivity index (χ4n) is 3.96. The van der Waals surface area contributed by atoms with E-state index >= 15 is 0 Å². The maximum absolute atomic E-state index is 14.1. The summed E-state index contributed by atoms with van der Waals surface area (Å²) in [6.45, 7) is -0.364. The van der Waals surface area contributed by atoms with E-state index in [2.05, 4.69) is 4.74 Å². The first-order valence-electron chi connectivity index (χ1n) is 11.0. The van der Waals surface area contributed by atoms with Crippen molar-refractivity contribution in [2.24, 2.45) is 0 Å². The second-order valence-electron chi connectivity index (χ2n) is 8.35. The van der Waals surface area contributed by atoms with Crippen molar-refractivity contribution in [3.8, 4) is 16.9 Å². The van der Waals surface area contributed by atoms with Gasteiger partial charge in [-0.2, -0.15) is 13.2 Å². The van der Waals surface area contributed by atoms with Crippen molar-refractivity contribution in [1.29, 1.82) is 0 Å². The number of carbonyl (C=O) groups is 1. The highest BCUT2D eigenvalue weighted by molar-refractivity contribution is 7.92. The Morgan fingerprint density at radius 3 is 2.55 bits per heavy atom. The quantitative estimate of drug-likeness (QED) is 0.198. The lowest BCUT2D eigenvalue weighted by Crippen LogP contribution is -2.43. The van der Waals surface area contributed by atoms with Crippen LogP contribution in [0.4, 0.5) is 27.6 Å². The number of sulfonamides is 1. The summed E-state index contributed by atoms with van der Waals surface area (Å²) < 4.78 is 107. The molecule has 0 spiro atoms. The molecule has 13 heteroatoms. The largest absolute Gasteiger partial charge is 0.486 e. The number of esters is 1. The Kier molecular flexibility index (Phi) is 7.57. The Balaban J connectivity index is 1.83. The van der Waals surface area contributed by atoms with Gasteiger partial charge in [0.1, 0.15) is 23.5 Å². The molecule has 0 N–H and O–H groups in total. The summed E-state index contributed by atoms with van der Waals surface area (Å²) in [5.41, 5.74) is -1.19. The van der Waals surface area contributed by atoms with Crippen molar-refractivity contribution in [3.05, 3.63) is 76.8 Å². The molecular formula is C25H19ClF5NO5S. The summed E-state index contributed by atoms with van der Waals surface area (Å²) in [5, 5.41) is -0.411. The Morgan fingerprint density at radius 2 is 1.87 bits per heavy atom. The first kappa shape index (κ1) is 27.6. The molecular weight excluding hydrogens is 557 g/mol. The molecule has 38 heavy (non-hydrogen) atoms. The molecule has 0 aliphatic carbocycles. The van der Waals surface area contributed by atoms with Gasteiger partial charge in [-0.1, -0.05) is 23.7 Å². The van der Waals surface area contributed by atoms with Crippen molar-refractivity contribution < 1.29 is 44.6 Å². The molecule has 0 unspecified atom stereocenters. The Hall–Kier alpha value is -3.38. The molecule has 3 aromatic carbocycles.